The second-order valence-corrected chi connectivity index (χ2v) is 4.77. The highest BCUT2D eigenvalue weighted by Gasteiger charge is 2.15. The van der Waals surface area contributed by atoms with Gasteiger partial charge in [0, 0.05) is 12.1 Å². The van der Waals surface area contributed by atoms with Crippen LogP contribution < -0.4 is 11.1 Å². The Hall–Kier alpha value is -1.62. The lowest BCUT2D eigenvalue weighted by Gasteiger charge is -2.11. The van der Waals surface area contributed by atoms with Crippen LogP contribution in [0.4, 0.5) is 10.1 Å². The average molecular weight is 266 g/mol. The molecular formula is C14H19FN2O2. The van der Waals surface area contributed by atoms with Gasteiger partial charge in [0.25, 0.3) is 5.91 Å². The zero-order valence-electron chi connectivity index (χ0n) is 10.8. The van der Waals surface area contributed by atoms with E-state index in [1.165, 1.54) is 25.0 Å². The first-order valence-electron chi connectivity index (χ1n) is 6.61. The number of ether oxygens (including phenoxy) is 1. The maximum Gasteiger partial charge on any atom is 0.251 e. The van der Waals surface area contributed by atoms with Crippen molar-refractivity contribution in [1.82, 2.24) is 5.32 Å². The highest BCUT2D eigenvalue weighted by molar-refractivity contribution is 5.94. The van der Waals surface area contributed by atoms with Gasteiger partial charge < -0.3 is 15.8 Å². The Morgan fingerprint density at radius 2 is 2.16 bits per heavy atom. The lowest BCUT2D eigenvalue weighted by atomic mass is 10.2. The summed E-state index contributed by atoms with van der Waals surface area (Å²) in [7, 11) is 0. The van der Waals surface area contributed by atoms with Gasteiger partial charge >= 0.3 is 0 Å². The molecule has 1 amide bonds. The van der Waals surface area contributed by atoms with Crippen LogP contribution in [0, 0.1) is 5.82 Å². The third-order valence-corrected chi connectivity index (χ3v) is 3.31. The third-order valence-electron chi connectivity index (χ3n) is 3.31. The first-order chi connectivity index (χ1) is 9.16. The van der Waals surface area contributed by atoms with Crippen molar-refractivity contribution < 1.29 is 13.9 Å². The summed E-state index contributed by atoms with van der Waals surface area (Å²) in [4.78, 5) is 11.7. The number of hydrogen-bond acceptors (Lipinski definition) is 3. The normalized spacial score (nSPS) is 15.6. The van der Waals surface area contributed by atoms with Crippen LogP contribution in [-0.4, -0.2) is 25.2 Å². The molecule has 0 bridgehead atoms. The van der Waals surface area contributed by atoms with Gasteiger partial charge in [-0.15, -0.1) is 0 Å². The molecule has 0 atom stereocenters. The molecule has 1 fully saturated rings. The molecule has 1 aliphatic rings. The predicted octanol–water partition coefficient (Wildman–Crippen LogP) is 2.10. The number of nitrogens with one attached hydrogen (secondary N) is 1. The van der Waals surface area contributed by atoms with Gasteiger partial charge in [0.15, 0.2) is 0 Å². The van der Waals surface area contributed by atoms with Crippen LogP contribution in [0.5, 0.6) is 0 Å². The zero-order valence-corrected chi connectivity index (χ0v) is 10.8. The van der Waals surface area contributed by atoms with E-state index in [4.69, 9.17) is 10.5 Å². The van der Waals surface area contributed by atoms with Crippen molar-refractivity contribution in [2.75, 3.05) is 18.9 Å². The summed E-state index contributed by atoms with van der Waals surface area (Å²) in [5.41, 5.74) is 5.67. The van der Waals surface area contributed by atoms with Gasteiger partial charge in [-0.1, -0.05) is 12.8 Å². The van der Waals surface area contributed by atoms with Crippen LogP contribution in [-0.2, 0) is 4.74 Å². The van der Waals surface area contributed by atoms with Crippen molar-refractivity contribution in [3.8, 4) is 0 Å². The van der Waals surface area contributed by atoms with Crippen molar-refractivity contribution in [2.24, 2.45) is 0 Å². The number of anilines is 1. The molecule has 0 aliphatic heterocycles. The minimum Gasteiger partial charge on any atom is -0.396 e. The van der Waals surface area contributed by atoms with Crippen LogP contribution in [0.1, 0.15) is 36.0 Å². The quantitative estimate of drug-likeness (QED) is 0.633. The summed E-state index contributed by atoms with van der Waals surface area (Å²) in [6.07, 6.45) is 5.00. The van der Waals surface area contributed by atoms with E-state index in [9.17, 15) is 9.18 Å². The molecule has 3 N–H and O–H groups in total. The second kappa shape index (κ2) is 6.52. The molecule has 0 aromatic heterocycles. The zero-order chi connectivity index (χ0) is 13.7. The number of rotatable bonds is 5. The molecule has 1 aromatic rings. The van der Waals surface area contributed by atoms with Crippen LogP contribution in [0.25, 0.3) is 0 Å². The maximum absolute atomic E-state index is 13.2. The lowest BCUT2D eigenvalue weighted by molar-refractivity contribution is 0.0582. The Morgan fingerprint density at radius 1 is 1.42 bits per heavy atom. The van der Waals surface area contributed by atoms with Gasteiger partial charge in [-0.2, -0.15) is 0 Å². The molecule has 1 aromatic carbocycles. The molecule has 2 rings (SSSR count). The molecule has 104 valence electrons. The molecule has 4 nitrogen and oxygen atoms in total. The van der Waals surface area contributed by atoms with E-state index >= 15 is 0 Å². The number of carbonyl (C=O) groups is 1. The van der Waals surface area contributed by atoms with Crippen molar-refractivity contribution in [2.45, 2.75) is 31.8 Å². The molecule has 1 saturated carbocycles. The lowest BCUT2D eigenvalue weighted by Crippen LogP contribution is -2.28. The van der Waals surface area contributed by atoms with E-state index in [1.807, 2.05) is 0 Å². The smallest absolute Gasteiger partial charge is 0.251 e. The Labute approximate surface area is 112 Å². The Morgan fingerprint density at radius 3 is 2.84 bits per heavy atom. The van der Waals surface area contributed by atoms with Gasteiger partial charge in [0.2, 0.25) is 0 Å². The van der Waals surface area contributed by atoms with E-state index < -0.39 is 5.82 Å². The summed E-state index contributed by atoms with van der Waals surface area (Å²) in [6, 6.07) is 4.04. The third kappa shape index (κ3) is 3.92. The first kappa shape index (κ1) is 13.8. The van der Waals surface area contributed by atoms with Crippen LogP contribution in [0.2, 0.25) is 0 Å². The molecule has 0 heterocycles. The van der Waals surface area contributed by atoms with E-state index in [0.717, 1.165) is 18.9 Å². The molecular weight excluding hydrogens is 247 g/mol. The van der Waals surface area contributed by atoms with Gasteiger partial charge in [-0.05, 0) is 31.0 Å². The number of halogens is 1. The summed E-state index contributed by atoms with van der Waals surface area (Å²) < 4.78 is 18.8. The van der Waals surface area contributed by atoms with Crippen LogP contribution in [0.3, 0.4) is 0 Å². The number of nitrogen functional groups attached to an aromatic ring is 1. The van der Waals surface area contributed by atoms with E-state index in [-0.39, 0.29) is 17.2 Å². The summed E-state index contributed by atoms with van der Waals surface area (Å²) in [5, 5.41) is 2.70. The van der Waals surface area contributed by atoms with E-state index in [0.29, 0.717) is 19.3 Å². The number of amides is 1. The maximum atomic E-state index is 13.2. The SMILES string of the molecule is Nc1ccc(C(=O)NCCOC2CCCC2)cc1F. The van der Waals surface area contributed by atoms with Crippen LogP contribution in [0.15, 0.2) is 18.2 Å². The van der Waals surface area contributed by atoms with Gasteiger partial charge in [0.05, 0.1) is 18.4 Å². The van der Waals surface area contributed by atoms with E-state index in [1.54, 1.807) is 0 Å². The Bertz CT molecular complexity index is 445. The average Bonchev–Trinajstić information content (AvgIpc) is 2.91. The fourth-order valence-electron chi connectivity index (χ4n) is 2.22. The molecule has 0 radical (unpaired) electrons. The van der Waals surface area contributed by atoms with Gasteiger partial charge in [-0.25, -0.2) is 4.39 Å². The first-order valence-corrected chi connectivity index (χ1v) is 6.61. The highest BCUT2D eigenvalue weighted by atomic mass is 19.1. The van der Waals surface area contributed by atoms with Gasteiger partial charge in [-0.3, -0.25) is 4.79 Å². The van der Waals surface area contributed by atoms with Crippen LogP contribution >= 0.6 is 0 Å². The van der Waals surface area contributed by atoms with Gasteiger partial charge in [0.1, 0.15) is 5.82 Å². The standard InChI is InChI=1S/C14H19FN2O2/c15-12-9-10(5-6-13(12)16)14(18)17-7-8-19-11-3-1-2-4-11/h5-6,9,11H,1-4,7-8,16H2,(H,17,18). The minimum atomic E-state index is -0.574. The highest BCUT2D eigenvalue weighted by Crippen LogP contribution is 2.20. The summed E-state index contributed by atoms with van der Waals surface area (Å²) in [5.74, 6) is -0.885. The number of hydrogen-bond donors (Lipinski definition) is 2. The molecule has 0 unspecified atom stereocenters. The second-order valence-electron chi connectivity index (χ2n) is 4.77. The molecule has 0 spiro atoms. The van der Waals surface area contributed by atoms with Crippen molar-refractivity contribution >= 4 is 11.6 Å². The Balaban J connectivity index is 1.72. The number of carbonyl (C=O) groups excluding carboxylic acids is 1. The monoisotopic (exact) mass is 266 g/mol. The van der Waals surface area contributed by atoms with E-state index in [2.05, 4.69) is 5.32 Å². The minimum absolute atomic E-state index is 0.0427. The van der Waals surface area contributed by atoms with Crippen molar-refractivity contribution in [1.29, 1.82) is 0 Å². The molecule has 0 saturated heterocycles. The fourth-order valence-corrected chi connectivity index (χ4v) is 2.22. The molecule has 5 heteroatoms. The number of nitrogens with two attached hydrogens (primary N) is 1. The van der Waals surface area contributed by atoms with Crippen molar-refractivity contribution in [3.63, 3.8) is 0 Å². The fraction of sp³-hybridized carbons (Fsp3) is 0.500. The summed E-state index contributed by atoms with van der Waals surface area (Å²) >= 11 is 0. The van der Waals surface area contributed by atoms with Crippen molar-refractivity contribution in [3.05, 3.63) is 29.6 Å². The largest absolute Gasteiger partial charge is 0.396 e. The Kier molecular flexibility index (Phi) is 4.74. The summed E-state index contributed by atoms with van der Waals surface area (Å²) in [6.45, 7) is 0.926. The molecule has 19 heavy (non-hydrogen) atoms. The topological polar surface area (TPSA) is 64.4 Å². The number of benzene rings is 1. The predicted molar refractivity (Wildman–Crippen MR) is 71.4 cm³/mol. The molecule has 1 aliphatic carbocycles.